The molecule has 0 saturated heterocycles. The summed E-state index contributed by atoms with van der Waals surface area (Å²) in [6, 6.07) is 7.98. The quantitative estimate of drug-likeness (QED) is 0.585. The molecule has 0 amide bonds. The summed E-state index contributed by atoms with van der Waals surface area (Å²) in [7, 11) is 0. The number of anilines is 2. The molecule has 2 rings (SSSR count). The Hall–Kier alpha value is -3.16. The van der Waals surface area contributed by atoms with Crippen molar-refractivity contribution in [2.24, 2.45) is 0 Å². The van der Waals surface area contributed by atoms with Gasteiger partial charge < -0.3 is 21.7 Å². The highest BCUT2D eigenvalue weighted by Gasteiger charge is 2.12. The summed E-state index contributed by atoms with van der Waals surface area (Å²) in [6.45, 7) is -0.250. The van der Waals surface area contributed by atoms with Crippen molar-refractivity contribution in [3.05, 3.63) is 35.9 Å². The van der Waals surface area contributed by atoms with E-state index in [1.807, 2.05) is 0 Å². The van der Waals surface area contributed by atoms with Gasteiger partial charge in [-0.1, -0.05) is 18.2 Å². The lowest BCUT2D eigenvalue weighted by Gasteiger charge is -2.06. The van der Waals surface area contributed by atoms with Gasteiger partial charge in [0.2, 0.25) is 5.95 Å². The van der Waals surface area contributed by atoms with Crippen LogP contribution in [0.2, 0.25) is 0 Å². The van der Waals surface area contributed by atoms with Gasteiger partial charge in [-0.15, -0.1) is 0 Å². The van der Waals surface area contributed by atoms with Gasteiger partial charge in [-0.25, -0.2) is 9.78 Å². The smallest absolute Gasteiger partial charge is 0.336 e. The van der Waals surface area contributed by atoms with Gasteiger partial charge in [-0.2, -0.15) is 4.98 Å². The normalized spacial score (nSPS) is 9.20. The maximum atomic E-state index is 11.1. The van der Waals surface area contributed by atoms with Gasteiger partial charge in [0.05, 0.1) is 11.3 Å². The van der Waals surface area contributed by atoms with E-state index in [1.54, 1.807) is 18.2 Å². The molecular formula is C12H12N4O4. The SMILES string of the molecule is Nc1cc(-c2ccccc2C(=O)O)nc(N)n1.O=CO. The summed E-state index contributed by atoms with van der Waals surface area (Å²) >= 11 is 0. The number of nitrogen functional groups attached to an aromatic ring is 2. The molecule has 8 nitrogen and oxygen atoms in total. The lowest BCUT2D eigenvalue weighted by Crippen LogP contribution is -2.04. The van der Waals surface area contributed by atoms with Gasteiger partial charge in [-0.05, 0) is 6.07 Å². The number of benzene rings is 1. The van der Waals surface area contributed by atoms with E-state index in [2.05, 4.69) is 9.97 Å². The van der Waals surface area contributed by atoms with Crippen LogP contribution in [0.5, 0.6) is 0 Å². The standard InChI is InChI=1S/C11H10N4O2.CH2O2/c12-9-5-8(14-11(13)15-9)6-3-1-2-4-7(6)10(16)17;2-1-3/h1-5H,(H,16,17)(H4,12,13,14,15);1H,(H,2,3). The number of nitrogens with two attached hydrogens (primary N) is 2. The molecule has 0 fully saturated rings. The van der Waals surface area contributed by atoms with E-state index in [4.69, 9.17) is 26.5 Å². The van der Waals surface area contributed by atoms with E-state index in [9.17, 15) is 4.79 Å². The Kier molecular flexibility index (Phi) is 4.98. The Balaban J connectivity index is 0.000000612. The Bertz CT molecular complexity index is 610. The molecule has 0 unspecified atom stereocenters. The molecule has 1 aromatic heterocycles. The maximum absolute atomic E-state index is 11.1. The molecule has 0 saturated carbocycles. The van der Waals surface area contributed by atoms with Crippen LogP contribution in [0.15, 0.2) is 30.3 Å². The average molecular weight is 276 g/mol. The van der Waals surface area contributed by atoms with E-state index in [1.165, 1.54) is 12.1 Å². The van der Waals surface area contributed by atoms with Crippen LogP contribution in [-0.2, 0) is 4.79 Å². The number of hydrogen-bond donors (Lipinski definition) is 4. The average Bonchev–Trinajstić information content (AvgIpc) is 2.38. The van der Waals surface area contributed by atoms with Crippen LogP contribution < -0.4 is 11.5 Å². The van der Waals surface area contributed by atoms with Crippen molar-refractivity contribution >= 4 is 24.2 Å². The van der Waals surface area contributed by atoms with Crippen molar-refractivity contribution in [3.8, 4) is 11.3 Å². The van der Waals surface area contributed by atoms with Crippen LogP contribution in [0.4, 0.5) is 11.8 Å². The molecule has 0 aliphatic heterocycles. The topological polar surface area (TPSA) is 152 Å². The highest BCUT2D eigenvalue weighted by Crippen LogP contribution is 2.23. The predicted octanol–water partition coefficient (Wildman–Crippen LogP) is 0.707. The van der Waals surface area contributed by atoms with Crippen LogP contribution in [0.3, 0.4) is 0 Å². The van der Waals surface area contributed by atoms with Crippen molar-refractivity contribution < 1.29 is 19.8 Å². The fourth-order valence-corrected chi connectivity index (χ4v) is 1.52. The van der Waals surface area contributed by atoms with Crippen molar-refractivity contribution in [3.63, 3.8) is 0 Å². The van der Waals surface area contributed by atoms with Crippen molar-refractivity contribution in [2.75, 3.05) is 11.5 Å². The molecule has 0 spiro atoms. The molecule has 1 heterocycles. The van der Waals surface area contributed by atoms with Gasteiger partial charge in [-0.3, -0.25) is 4.79 Å². The van der Waals surface area contributed by atoms with Crippen molar-refractivity contribution in [2.45, 2.75) is 0 Å². The second-order valence-corrected chi connectivity index (χ2v) is 3.49. The monoisotopic (exact) mass is 276 g/mol. The number of aromatic nitrogens is 2. The lowest BCUT2D eigenvalue weighted by molar-refractivity contribution is -0.122. The Labute approximate surface area is 113 Å². The van der Waals surface area contributed by atoms with Gasteiger partial charge in [0.15, 0.2) is 0 Å². The van der Waals surface area contributed by atoms with Gasteiger partial charge in [0, 0.05) is 11.6 Å². The zero-order chi connectivity index (χ0) is 15.1. The number of hydrogen-bond acceptors (Lipinski definition) is 6. The molecule has 0 radical (unpaired) electrons. The largest absolute Gasteiger partial charge is 0.483 e. The van der Waals surface area contributed by atoms with Crippen LogP contribution in [0.25, 0.3) is 11.3 Å². The van der Waals surface area contributed by atoms with Gasteiger partial charge in [0.1, 0.15) is 5.82 Å². The molecule has 20 heavy (non-hydrogen) atoms. The fourth-order valence-electron chi connectivity index (χ4n) is 1.52. The van der Waals surface area contributed by atoms with Gasteiger partial charge in [0.25, 0.3) is 6.47 Å². The summed E-state index contributed by atoms with van der Waals surface area (Å²) in [5.41, 5.74) is 12.0. The third-order valence-electron chi connectivity index (χ3n) is 2.20. The summed E-state index contributed by atoms with van der Waals surface area (Å²) in [6.07, 6.45) is 0. The number of carboxylic acids is 1. The first kappa shape index (κ1) is 14.9. The summed E-state index contributed by atoms with van der Waals surface area (Å²) in [4.78, 5) is 27.1. The zero-order valence-electron chi connectivity index (χ0n) is 10.2. The van der Waals surface area contributed by atoms with E-state index in [0.717, 1.165) is 0 Å². The Morgan fingerprint density at radius 2 is 1.80 bits per heavy atom. The second kappa shape index (κ2) is 6.69. The molecule has 0 aliphatic carbocycles. The van der Waals surface area contributed by atoms with Gasteiger partial charge >= 0.3 is 5.97 Å². The first-order chi connectivity index (χ1) is 9.49. The van der Waals surface area contributed by atoms with Crippen molar-refractivity contribution in [1.82, 2.24) is 9.97 Å². The number of carboxylic acid groups (broad SMARTS) is 2. The molecule has 6 N–H and O–H groups in total. The van der Waals surface area contributed by atoms with E-state index >= 15 is 0 Å². The fraction of sp³-hybridized carbons (Fsp3) is 0. The Morgan fingerprint density at radius 3 is 2.35 bits per heavy atom. The third-order valence-corrected chi connectivity index (χ3v) is 2.20. The number of nitrogens with zero attached hydrogens (tertiary/aromatic N) is 2. The number of aromatic carboxylic acids is 1. The molecule has 0 atom stereocenters. The van der Waals surface area contributed by atoms with E-state index in [0.29, 0.717) is 11.3 Å². The minimum absolute atomic E-state index is 0.0141. The van der Waals surface area contributed by atoms with Crippen LogP contribution in [0.1, 0.15) is 10.4 Å². The molecular weight excluding hydrogens is 264 g/mol. The maximum Gasteiger partial charge on any atom is 0.336 e. The minimum atomic E-state index is -1.03. The Morgan fingerprint density at radius 1 is 1.20 bits per heavy atom. The predicted molar refractivity (Wildman–Crippen MR) is 71.9 cm³/mol. The lowest BCUT2D eigenvalue weighted by atomic mass is 10.0. The molecule has 2 aromatic rings. The van der Waals surface area contributed by atoms with Crippen LogP contribution in [-0.4, -0.2) is 32.6 Å². The second-order valence-electron chi connectivity index (χ2n) is 3.49. The van der Waals surface area contributed by atoms with E-state index < -0.39 is 5.97 Å². The third kappa shape index (κ3) is 3.67. The first-order valence-electron chi connectivity index (χ1n) is 5.30. The highest BCUT2D eigenvalue weighted by atomic mass is 16.4. The van der Waals surface area contributed by atoms with Crippen LogP contribution >= 0.6 is 0 Å². The van der Waals surface area contributed by atoms with Crippen LogP contribution in [0, 0.1) is 0 Å². The molecule has 1 aromatic carbocycles. The van der Waals surface area contributed by atoms with E-state index in [-0.39, 0.29) is 23.8 Å². The summed E-state index contributed by atoms with van der Waals surface area (Å²) in [5, 5.41) is 15.9. The zero-order valence-corrected chi connectivity index (χ0v) is 10.2. The highest BCUT2D eigenvalue weighted by molar-refractivity contribution is 5.95. The number of carbonyl (C=O) groups is 2. The molecule has 0 aliphatic rings. The number of rotatable bonds is 2. The van der Waals surface area contributed by atoms with Crippen molar-refractivity contribution in [1.29, 1.82) is 0 Å². The summed E-state index contributed by atoms with van der Waals surface area (Å²) in [5.74, 6) is -0.816. The molecule has 104 valence electrons. The molecule has 8 heteroatoms. The summed E-state index contributed by atoms with van der Waals surface area (Å²) < 4.78 is 0. The minimum Gasteiger partial charge on any atom is -0.483 e. The molecule has 0 bridgehead atoms. The first-order valence-corrected chi connectivity index (χ1v) is 5.30.